The molecule has 0 aliphatic rings. The summed E-state index contributed by atoms with van der Waals surface area (Å²) in [5.41, 5.74) is 7.11. The van der Waals surface area contributed by atoms with E-state index < -0.39 is 0 Å². The van der Waals surface area contributed by atoms with Crippen molar-refractivity contribution in [3.8, 4) is 0 Å². The molecule has 0 bridgehead atoms. The van der Waals surface area contributed by atoms with E-state index >= 15 is 0 Å². The van der Waals surface area contributed by atoms with Gasteiger partial charge in [0, 0.05) is 0 Å². The summed E-state index contributed by atoms with van der Waals surface area (Å²) in [6.45, 7) is 6.34. The van der Waals surface area contributed by atoms with Crippen LogP contribution >= 0.6 is 0 Å². The minimum absolute atomic E-state index is 0.421. The Labute approximate surface area is 71.6 Å². The summed E-state index contributed by atoms with van der Waals surface area (Å²) in [7, 11) is 0. The Bertz CT molecular complexity index is 248. The van der Waals surface area contributed by atoms with Crippen LogP contribution in [0.15, 0.2) is 18.9 Å². The molecule has 4 nitrogen and oxygen atoms in total. The molecule has 1 rings (SSSR count). The summed E-state index contributed by atoms with van der Waals surface area (Å²) in [6, 6.07) is 0. The monoisotopic (exact) mass is 167 g/mol. The standard InChI is InChI=1S/C8H13N3O/c1-3-4-12-6-11-5-8(9)7(2)10-11/h3,5H,1,4,6,9H2,2H3. The van der Waals surface area contributed by atoms with Gasteiger partial charge in [-0.15, -0.1) is 6.58 Å². The lowest BCUT2D eigenvalue weighted by Gasteiger charge is -1.99. The number of ether oxygens (including phenoxy) is 1. The van der Waals surface area contributed by atoms with Crippen molar-refractivity contribution in [1.29, 1.82) is 0 Å². The maximum absolute atomic E-state index is 5.59. The van der Waals surface area contributed by atoms with E-state index in [0.29, 0.717) is 19.0 Å². The van der Waals surface area contributed by atoms with Crippen molar-refractivity contribution >= 4 is 5.69 Å². The second-order valence-electron chi connectivity index (χ2n) is 2.50. The van der Waals surface area contributed by atoms with Crippen molar-refractivity contribution in [3.63, 3.8) is 0 Å². The Balaban J connectivity index is 2.47. The molecular weight excluding hydrogens is 154 g/mol. The summed E-state index contributed by atoms with van der Waals surface area (Å²) in [6.07, 6.45) is 3.44. The largest absolute Gasteiger partial charge is 0.396 e. The average Bonchev–Trinajstić information content (AvgIpc) is 2.32. The van der Waals surface area contributed by atoms with E-state index in [-0.39, 0.29) is 0 Å². The van der Waals surface area contributed by atoms with Gasteiger partial charge in [0.05, 0.1) is 24.2 Å². The Morgan fingerprint density at radius 1 is 1.83 bits per heavy atom. The first-order valence-corrected chi connectivity index (χ1v) is 3.72. The molecule has 2 N–H and O–H groups in total. The molecule has 0 unspecified atom stereocenters. The number of hydrogen-bond acceptors (Lipinski definition) is 3. The highest BCUT2D eigenvalue weighted by Gasteiger charge is 1.98. The highest BCUT2D eigenvalue weighted by atomic mass is 16.5. The van der Waals surface area contributed by atoms with Crippen molar-refractivity contribution in [2.45, 2.75) is 13.7 Å². The fourth-order valence-corrected chi connectivity index (χ4v) is 0.829. The van der Waals surface area contributed by atoms with Gasteiger partial charge in [0.2, 0.25) is 0 Å². The minimum Gasteiger partial charge on any atom is -0.396 e. The van der Waals surface area contributed by atoms with Crippen molar-refractivity contribution in [2.75, 3.05) is 12.3 Å². The van der Waals surface area contributed by atoms with Gasteiger partial charge < -0.3 is 10.5 Å². The number of nitrogen functional groups attached to an aromatic ring is 1. The molecule has 1 heterocycles. The predicted molar refractivity (Wildman–Crippen MR) is 47.5 cm³/mol. The molecular formula is C8H13N3O. The highest BCUT2D eigenvalue weighted by Crippen LogP contribution is 2.06. The van der Waals surface area contributed by atoms with Gasteiger partial charge in [-0.2, -0.15) is 5.10 Å². The maximum Gasteiger partial charge on any atom is 0.139 e. The van der Waals surface area contributed by atoms with Crippen molar-refractivity contribution < 1.29 is 4.74 Å². The summed E-state index contributed by atoms with van der Waals surface area (Å²) in [4.78, 5) is 0. The van der Waals surface area contributed by atoms with Crippen LogP contribution in [0.1, 0.15) is 5.69 Å². The van der Waals surface area contributed by atoms with E-state index in [4.69, 9.17) is 10.5 Å². The van der Waals surface area contributed by atoms with Gasteiger partial charge in [-0.25, -0.2) is 4.68 Å². The van der Waals surface area contributed by atoms with E-state index in [9.17, 15) is 0 Å². The Morgan fingerprint density at radius 2 is 2.58 bits per heavy atom. The molecule has 0 saturated carbocycles. The predicted octanol–water partition coefficient (Wildman–Crippen LogP) is 0.934. The molecule has 0 fully saturated rings. The maximum atomic E-state index is 5.59. The fourth-order valence-electron chi connectivity index (χ4n) is 0.829. The van der Waals surface area contributed by atoms with Crippen LogP contribution in [0.3, 0.4) is 0 Å². The molecule has 66 valence electrons. The molecule has 0 aliphatic heterocycles. The Morgan fingerprint density at radius 3 is 3.08 bits per heavy atom. The van der Waals surface area contributed by atoms with Crippen LogP contribution in [-0.2, 0) is 11.5 Å². The quantitative estimate of drug-likeness (QED) is 0.536. The van der Waals surface area contributed by atoms with Crippen LogP contribution in [0.4, 0.5) is 5.69 Å². The number of anilines is 1. The van der Waals surface area contributed by atoms with Gasteiger partial charge in [-0.05, 0) is 6.92 Å². The third-order valence-electron chi connectivity index (χ3n) is 1.44. The molecule has 12 heavy (non-hydrogen) atoms. The highest BCUT2D eigenvalue weighted by molar-refractivity contribution is 5.39. The average molecular weight is 167 g/mol. The number of nitrogens with two attached hydrogens (primary N) is 1. The SMILES string of the molecule is C=CCOCn1cc(N)c(C)n1. The van der Waals surface area contributed by atoms with Crippen molar-refractivity contribution in [3.05, 3.63) is 24.5 Å². The van der Waals surface area contributed by atoms with Gasteiger partial charge in [-0.1, -0.05) is 6.08 Å². The summed E-state index contributed by atoms with van der Waals surface area (Å²) >= 11 is 0. The van der Waals surface area contributed by atoms with Gasteiger partial charge in [0.1, 0.15) is 6.73 Å². The van der Waals surface area contributed by atoms with Crippen LogP contribution in [0.25, 0.3) is 0 Å². The number of rotatable bonds is 4. The first kappa shape index (κ1) is 8.80. The lowest BCUT2D eigenvalue weighted by Crippen LogP contribution is -2.02. The second kappa shape index (κ2) is 3.92. The molecule has 1 aromatic heterocycles. The lowest BCUT2D eigenvalue weighted by atomic mass is 10.4. The normalized spacial score (nSPS) is 10.1. The zero-order valence-corrected chi connectivity index (χ0v) is 7.16. The third kappa shape index (κ3) is 2.10. The zero-order chi connectivity index (χ0) is 8.97. The van der Waals surface area contributed by atoms with Crippen LogP contribution < -0.4 is 5.73 Å². The molecule has 1 aromatic rings. The number of nitrogens with zero attached hydrogens (tertiary/aromatic N) is 2. The second-order valence-corrected chi connectivity index (χ2v) is 2.50. The van der Waals surface area contributed by atoms with Gasteiger partial charge in [-0.3, -0.25) is 0 Å². The van der Waals surface area contributed by atoms with Gasteiger partial charge >= 0.3 is 0 Å². The van der Waals surface area contributed by atoms with Gasteiger partial charge in [0.15, 0.2) is 0 Å². The molecule has 0 radical (unpaired) electrons. The first-order chi connectivity index (χ1) is 5.74. The molecule has 0 aromatic carbocycles. The zero-order valence-electron chi connectivity index (χ0n) is 7.16. The van der Waals surface area contributed by atoms with Crippen LogP contribution in [-0.4, -0.2) is 16.4 Å². The smallest absolute Gasteiger partial charge is 0.139 e. The van der Waals surface area contributed by atoms with Crippen LogP contribution in [0, 0.1) is 6.92 Å². The third-order valence-corrected chi connectivity index (χ3v) is 1.44. The summed E-state index contributed by atoms with van der Waals surface area (Å²) in [5.74, 6) is 0. The van der Waals surface area contributed by atoms with Crippen molar-refractivity contribution in [1.82, 2.24) is 9.78 Å². The summed E-state index contributed by atoms with van der Waals surface area (Å²) < 4.78 is 6.82. The van der Waals surface area contributed by atoms with Crippen LogP contribution in [0.5, 0.6) is 0 Å². The minimum atomic E-state index is 0.421. The molecule has 0 spiro atoms. The summed E-state index contributed by atoms with van der Waals surface area (Å²) in [5, 5.41) is 4.11. The number of aromatic nitrogens is 2. The topological polar surface area (TPSA) is 53.1 Å². The van der Waals surface area contributed by atoms with Crippen LogP contribution in [0.2, 0.25) is 0 Å². The van der Waals surface area contributed by atoms with E-state index in [1.54, 1.807) is 17.0 Å². The van der Waals surface area contributed by atoms with Crippen molar-refractivity contribution in [2.24, 2.45) is 0 Å². The Hall–Kier alpha value is -1.29. The van der Waals surface area contributed by atoms with Gasteiger partial charge in [0.25, 0.3) is 0 Å². The fraction of sp³-hybridized carbons (Fsp3) is 0.375. The molecule has 0 aliphatic carbocycles. The number of hydrogen-bond donors (Lipinski definition) is 1. The number of aryl methyl sites for hydroxylation is 1. The van der Waals surface area contributed by atoms with E-state index in [1.807, 2.05) is 6.92 Å². The van der Waals surface area contributed by atoms with E-state index in [1.165, 1.54) is 0 Å². The van der Waals surface area contributed by atoms with E-state index in [0.717, 1.165) is 5.69 Å². The molecule has 0 atom stereocenters. The molecule has 0 saturated heterocycles. The lowest BCUT2D eigenvalue weighted by molar-refractivity contribution is 0.0909. The molecule has 4 heteroatoms. The molecule has 0 amide bonds. The first-order valence-electron chi connectivity index (χ1n) is 3.72. The van der Waals surface area contributed by atoms with E-state index in [2.05, 4.69) is 11.7 Å². The Kier molecular flexibility index (Phi) is 2.88.